The first-order chi connectivity index (χ1) is 14.6. The number of aromatic nitrogens is 4. The number of fused-ring (bicyclic) bond motifs is 1. The van der Waals surface area contributed by atoms with Gasteiger partial charge in [0, 0.05) is 10.9 Å². The van der Waals surface area contributed by atoms with Gasteiger partial charge in [0.05, 0.1) is 47.5 Å². The van der Waals surface area contributed by atoms with Crippen molar-refractivity contribution in [3.8, 4) is 17.1 Å². The number of aliphatic hydroxyl groups is 2. The number of nitrogens with zero attached hydrogens (tertiary/aromatic N) is 4. The molecule has 0 aliphatic heterocycles. The van der Waals surface area contributed by atoms with Crippen LogP contribution in [-0.4, -0.2) is 36.1 Å². The number of nitrogens with two attached hydrogens (primary N) is 1. The first kappa shape index (κ1) is 18.9. The van der Waals surface area contributed by atoms with Crippen molar-refractivity contribution in [2.45, 2.75) is 31.6 Å². The molecule has 7 heteroatoms. The van der Waals surface area contributed by atoms with Crippen LogP contribution in [0.2, 0.25) is 0 Å². The van der Waals surface area contributed by atoms with Crippen LogP contribution in [0.3, 0.4) is 0 Å². The second kappa shape index (κ2) is 7.60. The minimum absolute atomic E-state index is 0.118. The number of rotatable bonds is 5. The van der Waals surface area contributed by atoms with Crippen molar-refractivity contribution < 1.29 is 10.2 Å². The van der Waals surface area contributed by atoms with E-state index in [1.54, 1.807) is 16.9 Å². The predicted octanol–water partition coefficient (Wildman–Crippen LogP) is 2.75. The van der Waals surface area contributed by atoms with Crippen molar-refractivity contribution in [3.63, 3.8) is 0 Å². The Balaban J connectivity index is 1.52. The van der Waals surface area contributed by atoms with Crippen LogP contribution in [0.5, 0.6) is 0 Å². The fourth-order valence-electron chi connectivity index (χ4n) is 4.00. The van der Waals surface area contributed by atoms with E-state index in [0.717, 1.165) is 40.7 Å². The number of hydrogen-bond acceptors (Lipinski definition) is 6. The first-order valence-electron chi connectivity index (χ1n) is 10.1. The Kier molecular flexibility index (Phi) is 4.78. The van der Waals surface area contributed by atoms with Gasteiger partial charge in [0.1, 0.15) is 0 Å². The third kappa shape index (κ3) is 3.37. The van der Waals surface area contributed by atoms with Crippen LogP contribution in [0, 0.1) is 5.92 Å². The quantitative estimate of drug-likeness (QED) is 0.474. The maximum Gasteiger partial charge on any atom is 0.154 e. The van der Waals surface area contributed by atoms with Crippen molar-refractivity contribution in [3.05, 3.63) is 72.2 Å². The lowest BCUT2D eigenvalue weighted by Crippen LogP contribution is -2.36. The standard InChI is InChI=1S/C23H23N5O2/c24-23(16-9-18(30)10-16)20-5-2-4-19(27-20)14-7-8-15-12-25-28(21(15)11-14)22-6-1-3-17(13-29)26-22/h1-8,11-12,16,18,23,29-30H,9-10,13,24H2. The lowest BCUT2D eigenvalue weighted by atomic mass is 9.76. The molecule has 4 aromatic rings. The van der Waals surface area contributed by atoms with Crippen molar-refractivity contribution in [1.82, 2.24) is 19.7 Å². The zero-order valence-corrected chi connectivity index (χ0v) is 16.4. The SMILES string of the molecule is NC(c1cccc(-c2ccc3cnn(-c4cccc(CO)n4)c3c2)n1)C1CC(O)C1. The van der Waals surface area contributed by atoms with Crippen LogP contribution in [-0.2, 0) is 6.61 Å². The number of hydrogen-bond donors (Lipinski definition) is 3. The molecule has 1 atom stereocenters. The van der Waals surface area contributed by atoms with Crippen molar-refractivity contribution in [2.24, 2.45) is 11.7 Å². The minimum atomic E-state index is -0.232. The summed E-state index contributed by atoms with van der Waals surface area (Å²) in [7, 11) is 0. The Morgan fingerprint density at radius 2 is 1.90 bits per heavy atom. The van der Waals surface area contributed by atoms with Gasteiger partial charge in [-0.1, -0.05) is 24.3 Å². The highest BCUT2D eigenvalue weighted by Crippen LogP contribution is 2.36. The van der Waals surface area contributed by atoms with E-state index in [2.05, 4.69) is 10.1 Å². The summed E-state index contributed by atoms with van der Waals surface area (Å²) in [6.07, 6.45) is 3.04. The van der Waals surface area contributed by atoms with Crippen LogP contribution in [0.15, 0.2) is 60.8 Å². The van der Waals surface area contributed by atoms with Gasteiger partial charge in [-0.05, 0) is 49.1 Å². The molecule has 152 valence electrons. The highest BCUT2D eigenvalue weighted by Gasteiger charge is 2.33. The van der Waals surface area contributed by atoms with Crippen LogP contribution >= 0.6 is 0 Å². The van der Waals surface area contributed by atoms with Gasteiger partial charge >= 0.3 is 0 Å². The lowest BCUT2D eigenvalue weighted by molar-refractivity contribution is 0.0302. The molecule has 1 aliphatic carbocycles. The smallest absolute Gasteiger partial charge is 0.154 e. The monoisotopic (exact) mass is 401 g/mol. The van der Waals surface area contributed by atoms with Crippen LogP contribution in [0.25, 0.3) is 28.0 Å². The molecular formula is C23H23N5O2. The van der Waals surface area contributed by atoms with E-state index in [1.807, 2.05) is 48.5 Å². The summed E-state index contributed by atoms with van der Waals surface area (Å²) in [4.78, 5) is 9.27. The molecule has 1 fully saturated rings. The van der Waals surface area contributed by atoms with Gasteiger partial charge in [-0.15, -0.1) is 0 Å². The summed E-state index contributed by atoms with van der Waals surface area (Å²) in [5, 5.41) is 24.4. The van der Waals surface area contributed by atoms with E-state index in [0.29, 0.717) is 11.5 Å². The van der Waals surface area contributed by atoms with E-state index >= 15 is 0 Å². The maximum absolute atomic E-state index is 9.58. The number of pyridine rings is 2. The average Bonchev–Trinajstić information content (AvgIpc) is 3.20. The third-order valence-corrected chi connectivity index (χ3v) is 5.81. The van der Waals surface area contributed by atoms with Crippen molar-refractivity contribution >= 4 is 10.9 Å². The largest absolute Gasteiger partial charge is 0.393 e. The van der Waals surface area contributed by atoms with Crippen LogP contribution in [0.1, 0.15) is 30.3 Å². The van der Waals surface area contributed by atoms with Gasteiger partial charge in [-0.25, -0.2) is 9.67 Å². The molecule has 3 heterocycles. The lowest BCUT2D eigenvalue weighted by Gasteiger charge is -2.35. The molecule has 5 rings (SSSR count). The van der Waals surface area contributed by atoms with Gasteiger partial charge in [-0.3, -0.25) is 4.98 Å². The normalized spacial score (nSPS) is 19.6. The summed E-state index contributed by atoms with van der Waals surface area (Å²) < 4.78 is 1.77. The molecular weight excluding hydrogens is 378 g/mol. The first-order valence-corrected chi connectivity index (χ1v) is 10.1. The molecule has 3 aromatic heterocycles. The van der Waals surface area contributed by atoms with E-state index in [9.17, 15) is 10.2 Å². The van der Waals surface area contributed by atoms with E-state index < -0.39 is 0 Å². The van der Waals surface area contributed by atoms with Crippen molar-refractivity contribution in [1.29, 1.82) is 0 Å². The Morgan fingerprint density at radius 3 is 2.70 bits per heavy atom. The molecule has 1 aliphatic rings. The van der Waals surface area contributed by atoms with Gasteiger partial charge in [0.15, 0.2) is 5.82 Å². The molecule has 1 unspecified atom stereocenters. The molecule has 0 spiro atoms. The Hall–Kier alpha value is -3.13. The average molecular weight is 401 g/mol. The molecule has 0 saturated heterocycles. The summed E-state index contributed by atoms with van der Waals surface area (Å²) >= 11 is 0. The Bertz CT molecular complexity index is 1200. The van der Waals surface area contributed by atoms with Gasteiger partial charge < -0.3 is 15.9 Å². The van der Waals surface area contributed by atoms with Gasteiger partial charge in [-0.2, -0.15) is 5.10 Å². The summed E-state index contributed by atoms with van der Waals surface area (Å²) in [6, 6.07) is 17.3. The van der Waals surface area contributed by atoms with Gasteiger partial charge in [0.25, 0.3) is 0 Å². The van der Waals surface area contributed by atoms with Gasteiger partial charge in [0.2, 0.25) is 0 Å². The maximum atomic E-state index is 9.58. The summed E-state index contributed by atoms with van der Waals surface area (Å²) in [5.74, 6) is 0.928. The second-order valence-electron chi connectivity index (χ2n) is 7.83. The predicted molar refractivity (Wildman–Crippen MR) is 114 cm³/mol. The third-order valence-electron chi connectivity index (χ3n) is 5.81. The molecule has 1 aromatic carbocycles. The molecule has 30 heavy (non-hydrogen) atoms. The van der Waals surface area contributed by atoms with Crippen LogP contribution < -0.4 is 5.73 Å². The molecule has 4 N–H and O–H groups in total. The second-order valence-corrected chi connectivity index (χ2v) is 7.83. The summed E-state index contributed by atoms with van der Waals surface area (Å²) in [6.45, 7) is -0.118. The Labute approximate surface area is 173 Å². The zero-order valence-electron chi connectivity index (χ0n) is 16.4. The van der Waals surface area contributed by atoms with E-state index in [4.69, 9.17) is 10.7 Å². The zero-order chi connectivity index (χ0) is 20.7. The highest BCUT2D eigenvalue weighted by atomic mass is 16.3. The summed E-state index contributed by atoms with van der Waals surface area (Å²) in [5.41, 5.74) is 10.5. The fourth-order valence-corrected chi connectivity index (χ4v) is 4.00. The van der Waals surface area contributed by atoms with Crippen molar-refractivity contribution in [2.75, 3.05) is 0 Å². The van der Waals surface area contributed by atoms with Crippen LogP contribution in [0.4, 0.5) is 0 Å². The molecule has 0 radical (unpaired) electrons. The number of benzene rings is 1. The molecule has 7 nitrogen and oxygen atoms in total. The molecule has 0 bridgehead atoms. The molecule has 1 saturated carbocycles. The topological polar surface area (TPSA) is 110 Å². The number of aliphatic hydroxyl groups excluding tert-OH is 2. The highest BCUT2D eigenvalue weighted by molar-refractivity contribution is 5.84. The van der Waals surface area contributed by atoms with E-state index in [1.165, 1.54) is 0 Å². The minimum Gasteiger partial charge on any atom is -0.393 e. The Morgan fingerprint density at radius 1 is 1.07 bits per heavy atom. The van der Waals surface area contributed by atoms with E-state index in [-0.39, 0.29) is 24.7 Å². The fraction of sp³-hybridized carbons (Fsp3) is 0.261. The molecule has 0 amide bonds.